The maximum absolute atomic E-state index is 6.30. The average Bonchev–Trinajstić information content (AvgIpc) is 2.48. The lowest BCUT2D eigenvalue weighted by Crippen LogP contribution is -2.10. The summed E-state index contributed by atoms with van der Waals surface area (Å²) in [4.78, 5) is 4.71. The molecule has 21 heavy (non-hydrogen) atoms. The second-order valence-electron chi connectivity index (χ2n) is 4.75. The van der Waals surface area contributed by atoms with E-state index in [9.17, 15) is 0 Å². The van der Waals surface area contributed by atoms with Crippen LogP contribution in [-0.2, 0) is 0 Å². The summed E-state index contributed by atoms with van der Waals surface area (Å²) >= 11 is 12.4. The number of pyridine rings is 1. The number of aromatic nitrogens is 1. The van der Waals surface area contributed by atoms with E-state index in [4.69, 9.17) is 34.0 Å². The minimum atomic E-state index is 0.528. The summed E-state index contributed by atoms with van der Waals surface area (Å²) in [6.07, 6.45) is 0. The first-order valence-electron chi connectivity index (χ1n) is 6.43. The Labute approximate surface area is 132 Å². The van der Waals surface area contributed by atoms with Crippen molar-refractivity contribution in [2.45, 2.75) is 6.92 Å². The number of halogens is 2. The molecule has 1 aromatic heterocycles. The molecule has 1 heterocycles. The van der Waals surface area contributed by atoms with Gasteiger partial charge in [-0.15, -0.1) is 0 Å². The molecule has 0 atom stereocenters. The number of hydrogen-bond acceptors (Lipinski definition) is 3. The lowest BCUT2D eigenvalue weighted by molar-refractivity contribution is 1.28. The second kappa shape index (κ2) is 5.53. The van der Waals surface area contributed by atoms with Gasteiger partial charge in [0.05, 0.1) is 21.9 Å². The molecule has 0 spiro atoms. The van der Waals surface area contributed by atoms with Gasteiger partial charge >= 0.3 is 0 Å². The van der Waals surface area contributed by atoms with Crippen LogP contribution in [-0.4, -0.2) is 4.98 Å². The Morgan fingerprint density at radius 2 is 1.81 bits per heavy atom. The zero-order chi connectivity index (χ0) is 15.0. The molecule has 3 nitrogen and oxygen atoms in total. The third-order valence-electron chi connectivity index (χ3n) is 3.44. The Morgan fingerprint density at radius 3 is 2.48 bits per heavy atom. The van der Waals surface area contributed by atoms with Gasteiger partial charge in [0.1, 0.15) is 0 Å². The lowest BCUT2D eigenvalue weighted by Gasteiger charge is -2.15. The number of rotatable bonds is 2. The normalized spacial score (nSPS) is 10.9. The number of anilines is 1. The van der Waals surface area contributed by atoms with E-state index in [1.165, 1.54) is 0 Å². The van der Waals surface area contributed by atoms with E-state index in [0.717, 1.165) is 27.9 Å². The first-order chi connectivity index (χ1) is 10.1. The maximum atomic E-state index is 6.30. The van der Waals surface area contributed by atoms with Crippen molar-refractivity contribution in [3.05, 3.63) is 58.1 Å². The maximum Gasteiger partial charge on any atom is 0.0760 e. The fourth-order valence-corrected chi connectivity index (χ4v) is 3.04. The van der Waals surface area contributed by atoms with Gasteiger partial charge in [0.2, 0.25) is 0 Å². The molecule has 0 saturated carbocycles. The van der Waals surface area contributed by atoms with Crippen molar-refractivity contribution in [3.8, 4) is 11.3 Å². The van der Waals surface area contributed by atoms with Gasteiger partial charge in [-0.1, -0.05) is 53.5 Å². The van der Waals surface area contributed by atoms with Crippen molar-refractivity contribution in [3.63, 3.8) is 0 Å². The number of hydrazine groups is 1. The summed E-state index contributed by atoms with van der Waals surface area (Å²) in [6, 6.07) is 13.4. The third kappa shape index (κ3) is 2.44. The smallest absolute Gasteiger partial charge is 0.0760 e. The SMILES string of the molecule is Cc1c(-c2ccccc2)nc2cc(Cl)cc(Cl)c2c1NN. The van der Waals surface area contributed by atoms with Gasteiger partial charge < -0.3 is 5.43 Å². The second-order valence-corrected chi connectivity index (χ2v) is 5.60. The Morgan fingerprint density at radius 1 is 1.10 bits per heavy atom. The summed E-state index contributed by atoms with van der Waals surface area (Å²) in [5.74, 6) is 5.70. The number of fused-ring (bicyclic) bond motifs is 1. The number of nitrogens with two attached hydrogens (primary N) is 1. The monoisotopic (exact) mass is 317 g/mol. The molecule has 0 radical (unpaired) electrons. The zero-order valence-electron chi connectivity index (χ0n) is 11.3. The topological polar surface area (TPSA) is 50.9 Å². The molecule has 0 unspecified atom stereocenters. The van der Waals surface area contributed by atoms with Crippen molar-refractivity contribution in [2.24, 2.45) is 5.84 Å². The molecule has 0 fully saturated rings. The molecule has 2 aromatic carbocycles. The minimum absolute atomic E-state index is 0.528. The fraction of sp³-hybridized carbons (Fsp3) is 0.0625. The average molecular weight is 318 g/mol. The summed E-state index contributed by atoms with van der Waals surface area (Å²) < 4.78 is 0. The molecule has 0 aliphatic carbocycles. The van der Waals surface area contributed by atoms with Crippen LogP contribution in [0.4, 0.5) is 5.69 Å². The lowest BCUT2D eigenvalue weighted by atomic mass is 10.0. The van der Waals surface area contributed by atoms with Crippen LogP contribution in [0.1, 0.15) is 5.56 Å². The van der Waals surface area contributed by atoms with Crippen LogP contribution in [0.15, 0.2) is 42.5 Å². The minimum Gasteiger partial charge on any atom is -0.323 e. The van der Waals surface area contributed by atoms with Crippen LogP contribution >= 0.6 is 23.2 Å². The largest absolute Gasteiger partial charge is 0.323 e. The predicted octanol–water partition coefficient (Wildman–Crippen LogP) is 4.80. The number of benzene rings is 2. The van der Waals surface area contributed by atoms with Crippen molar-refractivity contribution in [1.29, 1.82) is 0 Å². The number of nitrogens with zero attached hydrogens (tertiary/aromatic N) is 1. The van der Waals surface area contributed by atoms with Crippen molar-refractivity contribution >= 4 is 39.8 Å². The fourth-order valence-electron chi connectivity index (χ4n) is 2.46. The molecular weight excluding hydrogens is 305 g/mol. The number of hydrogen-bond donors (Lipinski definition) is 2. The molecule has 5 heteroatoms. The Balaban J connectivity index is 2.41. The van der Waals surface area contributed by atoms with Gasteiger partial charge in [-0.05, 0) is 19.1 Å². The van der Waals surface area contributed by atoms with Crippen LogP contribution in [0.2, 0.25) is 10.0 Å². The van der Waals surface area contributed by atoms with E-state index in [-0.39, 0.29) is 0 Å². The van der Waals surface area contributed by atoms with Crippen molar-refractivity contribution < 1.29 is 0 Å². The Kier molecular flexibility index (Phi) is 3.72. The Bertz CT molecular complexity index is 817. The third-order valence-corrected chi connectivity index (χ3v) is 3.95. The summed E-state index contributed by atoms with van der Waals surface area (Å²) in [6.45, 7) is 1.97. The van der Waals surface area contributed by atoms with Gasteiger partial charge in [-0.25, -0.2) is 4.98 Å². The van der Waals surface area contributed by atoms with E-state index >= 15 is 0 Å². The highest BCUT2D eigenvalue weighted by Crippen LogP contribution is 2.37. The van der Waals surface area contributed by atoms with E-state index < -0.39 is 0 Å². The Hall–Kier alpha value is -1.81. The summed E-state index contributed by atoms with van der Waals surface area (Å²) in [7, 11) is 0. The van der Waals surface area contributed by atoms with E-state index in [2.05, 4.69) is 5.43 Å². The first kappa shape index (κ1) is 14.1. The molecule has 0 aliphatic rings. The molecule has 0 saturated heterocycles. The van der Waals surface area contributed by atoms with Crippen LogP contribution < -0.4 is 11.3 Å². The van der Waals surface area contributed by atoms with Crippen molar-refractivity contribution in [2.75, 3.05) is 5.43 Å². The van der Waals surface area contributed by atoms with Gasteiger partial charge in [0.25, 0.3) is 0 Å². The standard InChI is InChI=1S/C16H13Cl2N3/c1-9-15(10-5-3-2-4-6-10)20-13-8-11(17)7-12(18)14(13)16(9)21-19/h2-8H,19H2,1H3,(H,20,21). The van der Waals surface area contributed by atoms with Gasteiger partial charge in [0.15, 0.2) is 0 Å². The van der Waals surface area contributed by atoms with Crippen LogP contribution in [0.25, 0.3) is 22.2 Å². The number of nitrogens with one attached hydrogen (secondary N) is 1. The van der Waals surface area contributed by atoms with E-state index in [0.29, 0.717) is 15.6 Å². The van der Waals surface area contributed by atoms with Crippen LogP contribution in [0.3, 0.4) is 0 Å². The summed E-state index contributed by atoms with van der Waals surface area (Å²) in [5.41, 5.74) is 7.04. The number of nitrogen functional groups attached to an aromatic ring is 1. The van der Waals surface area contributed by atoms with Crippen molar-refractivity contribution in [1.82, 2.24) is 4.98 Å². The molecule has 3 aromatic rings. The molecule has 0 amide bonds. The van der Waals surface area contributed by atoms with E-state index in [1.54, 1.807) is 12.1 Å². The highest BCUT2D eigenvalue weighted by Gasteiger charge is 2.15. The molecule has 0 aliphatic heterocycles. The molecule has 3 N–H and O–H groups in total. The molecule has 106 valence electrons. The van der Waals surface area contributed by atoms with Gasteiger partial charge in [0, 0.05) is 21.5 Å². The van der Waals surface area contributed by atoms with Gasteiger partial charge in [-0.3, -0.25) is 5.84 Å². The highest BCUT2D eigenvalue weighted by atomic mass is 35.5. The van der Waals surface area contributed by atoms with Crippen LogP contribution in [0.5, 0.6) is 0 Å². The quantitative estimate of drug-likeness (QED) is 0.527. The predicted molar refractivity (Wildman–Crippen MR) is 89.7 cm³/mol. The molecule has 0 bridgehead atoms. The van der Waals surface area contributed by atoms with Gasteiger partial charge in [-0.2, -0.15) is 0 Å². The zero-order valence-corrected chi connectivity index (χ0v) is 12.8. The molecular formula is C16H13Cl2N3. The first-order valence-corrected chi connectivity index (χ1v) is 7.19. The van der Waals surface area contributed by atoms with Crippen LogP contribution in [0, 0.1) is 6.92 Å². The highest BCUT2D eigenvalue weighted by molar-refractivity contribution is 6.39. The van der Waals surface area contributed by atoms with E-state index in [1.807, 2.05) is 37.3 Å². The summed E-state index contributed by atoms with van der Waals surface area (Å²) in [5, 5.41) is 1.85. The molecule has 3 rings (SSSR count).